The molecule has 0 fully saturated rings. The van der Waals surface area contributed by atoms with Crippen LogP contribution in [-0.4, -0.2) is 54.7 Å². The lowest BCUT2D eigenvalue weighted by molar-refractivity contribution is 0.432. The summed E-state index contributed by atoms with van der Waals surface area (Å²) in [5.41, 5.74) is 2.80. The van der Waals surface area contributed by atoms with Crippen molar-refractivity contribution in [1.29, 1.82) is 0 Å². The van der Waals surface area contributed by atoms with E-state index in [2.05, 4.69) is 25.0 Å². The van der Waals surface area contributed by atoms with Crippen LogP contribution in [-0.2, 0) is 10.0 Å². The highest BCUT2D eigenvalue weighted by atomic mass is 35.5. The standard InChI is InChI=1S/C23H21Cl2FN6O2S/c1-32(2)7-8-35(33,34)31-21-10-15(12-27-22(21)25)14-3-6-20-17(9-14)23(29-13-28-20)30-16-4-5-19(26)18(24)11-16/h3-6,9-13,31H,7-8H2,1-2H3,(H,28,29,30). The summed E-state index contributed by atoms with van der Waals surface area (Å²) >= 11 is 12.1. The van der Waals surface area contributed by atoms with Crippen molar-refractivity contribution in [1.82, 2.24) is 19.9 Å². The van der Waals surface area contributed by atoms with Crippen LogP contribution >= 0.6 is 23.2 Å². The van der Waals surface area contributed by atoms with Crippen molar-refractivity contribution in [3.8, 4) is 11.1 Å². The second-order valence-corrected chi connectivity index (χ2v) is 10.6. The van der Waals surface area contributed by atoms with Gasteiger partial charge >= 0.3 is 0 Å². The largest absolute Gasteiger partial charge is 0.340 e. The van der Waals surface area contributed by atoms with E-state index in [1.165, 1.54) is 18.5 Å². The Morgan fingerprint density at radius 3 is 2.54 bits per heavy atom. The van der Waals surface area contributed by atoms with Gasteiger partial charge in [0.05, 0.1) is 22.0 Å². The molecular weight excluding hydrogens is 514 g/mol. The first kappa shape index (κ1) is 25.1. The predicted octanol–water partition coefficient (Wildman–Crippen LogP) is 5.18. The van der Waals surface area contributed by atoms with E-state index in [0.29, 0.717) is 34.5 Å². The van der Waals surface area contributed by atoms with Crippen molar-refractivity contribution in [2.24, 2.45) is 0 Å². The quantitative estimate of drug-likeness (QED) is 0.300. The normalized spacial score (nSPS) is 11.7. The molecule has 0 saturated carbocycles. The highest BCUT2D eigenvalue weighted by Crippen LogP contribution is 2.32. The van der Waals surface area contributed by atoms with Gasteiger partial charge in [-0.05, 0) is 56.1 Å². The van der Waals surface area contributed by atoms with Gasteiger partial charge in [0.25, 0.3) is 0 Å². The van der Waals surface area contributed by atoms with Crippen LogP contribution in [0.2, 0.25) is 10.2 Å². The van der Waals surface area contributed by atoms with Gasteiger partial charge in [0.2, 0.25) is 10.0 Å². The summed E-state index contributed by atoms with van der Waals surface area (Å²) in [6.45, 7) is 0.361. The van der Waals surface area contributed by atoms with Crippen LogP contribution in [0.25, 0.3) is 22.0 Å². The molecule has 2 aromatic heterocycles. The SMILES string of the molecule is CN(C)CCS(=O)(=O)Nc1cc(-c2ccc3ncnc(Nc4ccc(F)c(Cl)c4)c3c2)cnc1Cl. The number of hydrogen-bond acceptors (Lipinski definition) is 7. The summed E-state index contributed by atoms with van der Waals surface area (Å²) in [7, 11) is -0.0302. The maximum atomic E-state index is 13.5. The van der Waals surface area contributed by atoms with Gasteiger partial charge in [-0.25, -0.2) is 27.8 Å². The molecule has 0 aliphatic heterocycles. The molecule has 2 heterocycles. The lowest BCUT2D eigenvalue weighted by Crippen LogP contribution is -2.26. The second-order valence-electron chi connectivity index (χ2n) is 7.99. The maximum absolute atomic E-state index is 13.5. The number of aromatic nitrogens is 3. The lowest BCUT2D eigenvalue weighted by atomic mass is 10.0. The molecule has 12 heteroatoms. The van der Waals surface area contributed by atoms with E-state index in [0.717, 1.165) is 5.56 Å². The van der Waals surface area contributed by atoms with Crippen LogP contribution in [0.15, 0.2) is 55.0 Å². The molecule has 0 bridgehead atoms. The number of rotatable bonds is 8. The number of nitrogens with one attached hydrogen (secondary N) is 2. The minimum absolute atomic E-state index is 0.0122. The first-order chi connectivity index (χ1) is 16.6. The molecule has 0 saturated heterocycles. The van der Waals surface area contributed by atoms with E-state index in [-0.39, 0.29) is 21.6 Å². The number of sulfonamides is 1. The fourth-order valence-electron chi connectivity index (χ4n) is 3.25. The van der Waals surface area contributed by atoms with Crippen molar-refractivity contribution in [2.75, 3.05) is 36.4 Å². The highest BCUT2D eigenvalue weighted by molar-refractivity contribution is 7.92. The molecule has 4 aromatic rings. The predicted molar refractivity (Wildman–Crippen MR) is 138 cm³/mol. The van der Waals surface area contributed by atoms with Crippen molar-refractivity contribution < 1.29 is 12.8 Å². The molecule has 0 aliphatic carbocycles. The average molecular weight is 535 g/mol. The van der Waals surface area contributed by atoms with E-state index in [4.69, 9.17) is 23.2 Å². The van der Waals surface area contributed by atoms with Gasteiger partial charge in [0.15, 0.2) is 5.15 Å². The third-order valence-electron chi connectivity index (χ3n) is 5.06. The summed E-state index contributed by atoms with van der Waals surface area (Å²) in [6, 6.07) is 11.4. The Labute approximate surface area is 212 Å². The number of halogens is 3. The molecule has 35 heavy (non-hydrogen) atoms. The number of anilines is 3. The Balaban J connectivity index is 1.68. The minimum Gasteiger partial charge on any atom is -0.340 e. The summed E-state index contributed by atoms with van der Waals surface area (Å²) in [5, 5.41) is 3.85. The number of nitrogens with zero attached hydrogens (tertiary/aromatic N) is 4. The molecule has 0 atom stereocenters. The summed E-state index contributed by atoms with van der Waals surface area (Å²) in [4.78, 5) is 14.5. The van der Waals surface area contributed by atoms with Crippen molar-refractivity contribution in [3.05, 3.63) is 71.0 Å². The molecule has 8 nitrogen and oxygen atoms in total. The maximum Gasteiger partial charge on any atom is 0.234 e. The topological polar surface area (TPSA) is 100 Å². The molecule has 0 spiro atoms. The monoisotopic (exact) mass is 534 g/mol. The number of benzene rings is 2. The van der Waals surface area contributed by atoms with Crippen LogP contribution in [0.4, 0.5) is 21.6 Å². The Bertz CT molecular complexity index is 1500. The van der Waals surface area contributed by atoms with Crippen LogP contribution < -0.4 is 10.0 Å². The minimum atomic E-state index is -3.62. The number of pyridine rings is 1. The van der Waals surface area contributed by atoms with E-state index >= 15 is 0 Å². The molecule has 2 N–H and O–H groups in total. The number of hydrogen-bond donors (Lipinski definition) is 2. The van der Waals surface area contributed by atoms with E-state index in [1.807, 2.05) is 18.2 Å². The Morgan fingerprint density at radius 2 is 1.80 bits per heavy atom. The third-order valence-corrected chi connectivity index (χ3v) is 6.90. The molecule has 0 radical (unpaired) electrons. The molecule has 0 unspecified atom stereocenters. The van der Waals surface area contributed by atoms with Crippen molar-refractivity contribution in [3.63, 3.8) is 0 Å². The smallest absolute Gasteiger partial charge is 0.234 e. The van der Waals surface area contributed by atoms with Gasteiger partial charge in [-0.2, -0.15) is 0 Å². The van der Waals surface area contributed by atoms with Gasteiger partial charge in [-0.3, -0.25) is 4.72 Å². The van der Waals surface area contributed by atoms with Crippen LogP contribution in [0.3, 0.4) is 0 Å². The van der Waals surface area contributed by atoms with Crippen LogP contribution in [0, 0.1) is 5.82 Å². The van der Waals surface area contributed by atoms with E-state index in [1.54, 1.807) is 37.3 Å². The second kappa shape index (κ2) is 10.3. The zero-order valence-corrected chi connectivity index (χ0v) is 21.1. The molecule has 4 rings (SSSR count). The Kier molecular flexibility index (Phi) is 7.36. The molecule has 0 amide bonds. The fourth-order valence-corrected chi connectivity index (χ4v) is 4.83. The van der Waals surface area contributed by atoms with E-state index in [9.17, 15) is 12.8 Å². The summed E-state index contributed by atoms with van der Waals surface area (Å²) in [5.74, 6) is -0.113. The summed E-state index contributed by atoms with van der Waals surface area (Å²) < 4.78 is 41.0. The number of fused-ring (bicyclic) bond motifs is 1. The van der Waals surface area contributed by atoms with Gasteiger partial charge in [0.1, 0.15) is 18.0 Å². The molecule has 0 aliphatic rings. The van der Waals surface area contributed by atoms with Crippen LogP contribution in [0.5, 0.6) is 0 Å². The lowest BCUT2D eigenvalue weighted by Gasteiger charge is -2.14. The molecular formula is C23H21Cl2FN6O2S. The van der Waals surface area contributed by atoms with Gasteiger partial charge in [-0.1, -0.05) is 29.3 Å². The first-order valence-electron chi connectivity index (χ1n) is 10.4. The molecule has 2 aromatic carbocycles. The van der Waals surface area contributed by atoms with E-state index < -0.39 is 15.8 Å². The summed E-state index contributed by atoms with van der Waals surface area (Å²) in [6.07, 6.45) is 2.97. The molecule has 182 valence electrons. The average Bonchev–Trinajstić information content (AvgIpc) is 2.81. The van der Waals surface area contributed by atoms with Crippen molar-refractivity contribution in [2.45, 2.75) is 0 Å². The first-order valence-corrected chi connectivity index (χ1v) is 12.8. The van der Waals surface area contributed by atoms with Gasteiger partial charge in [0, 0.05) is 29.4 Å². The highest BCUT2D eigenvalue weighted by Gasteiger charge is 2.15. The van der Waals surface area contributed by atoms with Crippen molar-refractivity contribution >= 4 is 61.3 Å². The zero-order valence-electron chi connectivity index (χ0n) is 18.8. The zero-order chi connectivity index (χ0) is 25.2. The van der Waals surface area contributed by atoms with Gasteiger partial charge in [-0.15, -0.1) is 0 Å². The Morgan fingerprint density at radius 1 is 1.00 bits per heavy atom. The third kappa shape index (κ3) is 6.15. The Hall–Kier alpha value is -3.05. The van der Waals surface area contributed by atoms with Gasteiger partial charge < -0.3 is 10.2 Å². The fraction of sp³-hybridized carbons (Fsp3) is 0.174. The van der Waals surface area contributed by atoms with Crippen LogP contribution in [0.1, 0.15) is 0 Å².